The van der Waals surface area contributed by atoms with Gasteiger partial charge in [0.05, 0.1) is 13.7 Å². The molecule has 0 atom stereocenters. The lowest BCUT2D eigenvalue weighted by Crippen LogP contribution is -2.01. The van der Waals surface area contributed by atoms with Gasteiger partial charge >= 0.3 is 0 Å². The van der Waals surface area contributed by atoms with Gasteiger partial charge in [0.1, 0.15) is 0 Å². The molecule has 1 radical (unpaired) electrons. The molecule has 2 rings (SSSR count). The molecule has 3 nitrogen and oxygen atoms in total. The monoisotopic (exact) mass is 271 g/mol. The molecule has 0 heterocycles. The molecule has 0 unspecified atom stereocenters. The molecule has 0 saturated carbocycles. The maximum Gasteiger partial charge on any atom is 0.203 e. The number of ether oxygens (including phenoxy) is 2. The van der Waals surface area contributed by atoms with Gasteiger partial charge in [-0.05, 0) is 37.0 Å². The van der Waals surface area contributed by atoms with Crippen LogP contribution in [0, 0.1) is 13.0 Å². The second-order valence-electron chi connectivity index (χ2n) is 4.64. The second-order valence-corrected chi connectivity index (χ2v) is 4.64. The van der Waals surface area contributed by atoms with Crippen molar-refractivity contribution in [3.8, 4) is 17.2 Å². The average molecular weight is 271 g/mol. The number of phenols is 1. The molecule has 1 N–H and O–H groups in total. The molecule has 0 aliphatic carbocycles. The molecule has 0 bridgehead atoms. The summed E-state index contributed by atoms with van der Waals surface area (Å²) in [5.74, 6) is 0.909. The first-order chi connectivity index (χ1) is 9.70. The predicted octanol–water partition coefficient (Wildman–Crippen LogP) is 3.52. The van der Waals surface area contributed by atoms with Crippen LogP contribution in [0.1, 0.15) is 17.5 Å². The number of hydrogen-bond donors (Lipinski definition) is 1. The molecule has 20 heavy (non-hydrogen) atoms. The van der Waals surface area contributed by atoms with Gasteiger partial charge in [-0.15, -0.1) is 0 Å². The van der Waals surface area contributed by atoms with Crippen LogP contribution in [0.5, 0.6) is 17.2 Å². The van der Waals surface area contributed by atoms with E-state index in [-0.39, 0.29) is 5.75 Å². The first-order valence-electron chi connectivity index (χ1n) is 6.67. The Bertz CT molecular complexity index is 550. The zero-order chi connectivity index (χ0) is 14.4. The standard InChI is InChI=1S/C17H19O3/c1-13-11-15(18)17(16(12-13)19-2)20-10-6-9-14-7-4-3-5-8-14/h3-5,7-8,12,18H,6,9-10H2,1-2H3. The predicted molar refractivity (Wildman–Crippen MR) is 78.5 cm³/mol. The summed E-state index contributed by atoms with van der Waals surface area (Å²) in [4.78, 5) is 0. The van der Waals surface area contributed by atoms with E-state index in [1.54, 1.807) is 13.2 Å². The van der Waals surface area contributed by atoms with Crippen molar-refractivity contribution in [1.29, 1.82) is 0 Å². The molecule has 0 aliphatic heterocycles. The third kappa shape index (κ3) is 3.67. The van der Waals surface area contributed by atoms with Crippen LogP contribution in [0.25, 0.3) is 0 Å². The quantitative estimate of drug-likeness (QED) is 0.817. The highest BCUT2D eigenvalue weighted by molar-refractivity contribution is 5.52. The van der Waals surface area contributed by atoms with Crippen LogP contribution in [-0.4, -0.2) is 18.8 Å². The Kier molecular flexibility index (Phi) is 4.88. The molecule has 0 spiro atoms. The van der Waals surface area contributed by atoms with Crippen LogP contribution in [0.15, 0.2) is 36.4 Å². The summed E-state index contributed by atoms with van der Waals surface area (Å²) >= 11 is 0. The molecule has 0 aliphatic rings. The minimum Gasteiger partial charge on any atom is -0.504 e. The Morgan fingerprint density at radius 2 is 1.95 bits per heavy atom. The van der Waals surface area contributed by atoms with Gasteiger partial charge in [0.25, 0.3) is 0 Å². The number of methoxy groups -OCH3 is 1. The summed E-state index contributed by atoms with van der Waals surface area (Å²) in [5, 5.41) is 9.86. The molecule has 105 valence electrons. The van der Waals surface area contributed by atoms with Crippen LogP contribution >= 0.6 is 0 Å². The smallest absolute Gasteiger partial charge is 0.203 e. The minimum atomic E-state index is 0.00145. The number of aryl methyl sites for hydroxylation is 2. The summed E-state index contributed by atoms with van der Waals surface area (Å²) in [7, 11) is 1.56. The first-order valence-corrected chi connectivity index (χ1v) is 6.67. The topological polar surface area (TPSA) is 38.7 Å². The Morgan fingerprint density at radius 3 is 2.65 bits per heavy atom. The van der Waals surface area contributed by atoms with E-state index in [0.717, 1.165) is 18.4 Å². The number of rotatable bonds is 6. The number of benzene rings is 2. The number of hydrogen-bond acceptors (Lipinski definition) is 3. The van der Waals surface area contributed by atoms with E-state index in [4.69, 9.17) is 9.47 Å². The molecule has 0 aromatic heterocycles. The first kappa shape index (κ1) is 14.3. The lowest BCUT2D eigenvalue weighted by molar-refractivity contribution is 0.274. The molecule has 0 saturated heterocycles. The summed E-state index contributed by atoms with van der Waals surface area (Å²) in [6.07, 6.45) is 1.82. The summed E-state index contributed by atoms with van der Waals surface area (Å²) in [6, 6.07) is 14.9. The molecule has 0 fully saturated rings. The zero-order valence-corrected chi connectivity index (χ0v) is 11.8. The highest BCUT2D eigenvalue weighted by Gasteiger charge is 2.11. The van der Waals surface area contributed by atoms with Gasteiger partial charge in [-0.1, -0.05) is 30.3 Å². The van der Waals surface area contributed by atoms with Gasteiger partial charge in [0.15, 0.2) is 11.5 Å². The van der Waals surface area contributed by atoms with Gasteiger partial charge in [0, 0.05) is 6.07 Å². The number of aromatic hydroxyl groups is 1. The van der Waals surface area contributed by atoms with E-state index >= 15 is 0 Å². The molecule has 0 amide bonds. The largest absolute Gasteiger partial charge is 0.504 e. The average Bonchev–Trinajstić information content (AvgIpc) is 2.45. The van der Waals surface area contributed by atoms with E-state index in [0.29, 0.717) is 18.1 Å². The molecule has 2 aromatic rings. The van der Waals surface area contributed by atoms with Crippen LogP contribution in [0.3, 0.4) is 0 Å². The van der Waals surface area contributed by atoms with Crippen molar-refractivity contribution in [2.24, 2.45) is 0 Å². The third-order valence-corrected chi connectivity index (χ3v) is 3.02. The van der Waals surface area contributed by atoms with Crippen LogP contribution < -0.4 is 9.47 Å². The van der Waals surface area contributed by atoms with Gasteiger partial charge in [-0.25, -0.2) is 0 Å². The van der Waals surface area contributed by atoms with Gasteiger partial charge in [0.2, 0.25) is 5.75 Å². The Morgan fingerprint density at radius 1 is 1.20 bits per heavy atom. The van der Waals surface area contributed by atoms with Crippen LogP contribution in [0.4, 0.5) is 0 Å². The van der Waals surface area contributed by atoms with Crippen molar-refractivity contribution < 1.29 is 14.6 Å². The second kappa shape index (κ2) is 6.85. The van der Waals surface area contributed by atoms with Gasteiger partial charge in [-0.2, -0.15) is 0 Å². The Hall–Kier alpha value is -2.16. The zero-order valence-electron chi connectivity index (χ0n) is 11.8. The van der Waals surface area contributed by atoms with E-state index in [1.807, 2.05) is 25.1 Å². The summed E-state index contributed by atoms with van der Waals surface area (Å²) < 4.78 is 10.8. The van der Waals surface area contributed by atoms with Gasteiger partial charge < -0.3 is 14.6 Å². The van der Waals surface area contributed by atoms with Crippen molar-refractivity contribution in [1.82, 2.24) is 0 Å². The van der Waals surface area contributed by atoms with Crippen LogP contribution in [-0.2, 0) is 6.42 Å². The highest BCUT2D eigenvalue weighted by Crippen LogP contribution is 2.37. The molecule has 2 aromatic carbocycles. The van der Waals surface area contributed by atoms with Gasteiger partial charge in [-0.3, -0.25) is 0 Å². The SMILES string of the molecule is COc1cc(C)[c]c(O)c1OCCCc1ccccc1. The maximum absolute atomic E-state index is 9.86. The number of phenolic OH excluding ortho intramolecular Hbond substituents is 1. The Balaban J connectivity index is 1.91. The third-order valence-electron chi connectivity index (χ3n) is 3.02. The van der Waals surface area contributed by atoms with E-state index < -0.39 is 0 Å². The Labute approximate surface area is 119 Å². The fourth-order valence-corrected chi connectivity index (χ4v) is 2.04. The van der Waals surface area contributed by atoms with Crippen molar-refractivity contribution >= 4 is 0 Å². The highest BCUT2D eigenvalue weighted by atomic mass is 16.5. The van der Waals surface area contributed by atoms with Crippen LogP contribution in [0.2, 0.25) is 0 Å². The minimum absolute atomic E-state index is 0.00145. The van der Waals surface area contributed by atoms with Crippen molar-refractivity contribution in [2.45, 2.75) is 19.8 Å². The van der Waals surface area contributed by atoms with E-state index in [1.165, 1.54) is 5.56 Å². The fourth-order valence-electron chi connectivity index (χ4n) is 2.04. The summed E-state index contributed by atoms with van der Waals surface area (Å²) in [6.45, 7) is 2.37. The normalized spacial score (nSPS) is 10.3. The lowest BCUT2D eigenvalue weighted by atomic mass is 10.1. The van der Waals surface area contributed by atoms with Crippen molar-refractivity contribution in [2.75, 3.05) is 13.7 Å². The van der Waals surface area contributed by atoms with Crippen molar-refractivity contribution in [3.63, 3.8) is 0 Å². The summed E-state index contributed by atoms with van der Waals surface area (Å²) in [5.41, 5.74) is 2.10. The fraction of sp³-hybridized carbons (Fsp3) is 0.294. The molecular weight excluding hydrogens is 252 g/mol. The molecular formula is C17H19O3. The van der Waals surface area contributed by atoms with Crippen molar-refractivity contribution in [3.05, 3.63) is 53.6 Å². The van der Waals surface area contributed by atoms with E-state index in [2.05, 4.69) is 18.2 Å². The lowest BCUT2D eigenvalue weighted by Gasteiger charge is -2.12. The molecule has 3 heteroatoms. The van der Waals surface area contributed by atoms with E-state index in [9.17, 15) is 5.11 Å². The maximum atomic E-state index is 9.86.